The van der Waals surface area contributed by atoms with Crippen molar-refractivity contribution < 1.29 is 8.42 Å². The van der Waals surface area contributed by atoms with Gasteiger partial charge in [0.15, 0.2) is 0 Å². The lowest BCUT2D eigenvalue weighted by atomic mass is 10.1. The van der Waals surface area contributed by atoms with Gasteiger partial charge in [-0.2, -0.15) is 9.40 Å². The summed E-state index contributed by atoms with van der Waals surface area (Å²) in [5.74, 6) is 0. The summed E-state index contributed by atoms with van der Waals surface area (Å²) in [6.07, 6.45) is 2.72. The molecule has 2 heterocycles. The van der Waals surface area contributed by atoms with Crippen LogP contribution in [0, 0.1) is 0 Å². The fourth-order valence-electron chi connectivity index (χ4n) is 1.95. The van der Waals surface area contributed by atoms with Gasteiger partial charge in [-0.1, -0.05) is 0 Å². The molecule has 0 fully saturated rings. The molecule has 17 heavy (non-hydrogen) atoms. The summed E-state index contributed by atoms with van der Waals surface area (Å²) in [7, 11) is -3.16. The molecule has 2 rings (SSSR count). The van der Waals surface area contributed by atoms with E-state index >= 15 is 0 Å². The van der Waals surface area contributed by atoms with Crippen molar-refractivity contribution in [2.45, 2.75) is 37.1 Å². The Bertz CT molecular complexity index is 508. The van der Waals surface area contributed by atoms with Crippen LogP contribution in [0.4, 0.5) is 0 Å². The van der Waals surface area contributed by atoms with E-state index in [4.69, 9.17) is 0 Å². The second kappa shape index (κ2) is 4.62. The highest BCUT2D eigenvalue weighted by Gasteiger charge is 2.31. The smallest absolute Gasteiger partial charge is 0.216 e. The van der Waals surface area contributed by atoms with E-state index in [0.29, 0.717) is 13.1 Å². The first kappa shape index (κ1) is 12.9. The minimum absolute atomic E-state index is 0.369. The van der Waals surface area contributed by atoms with Crippen molar-refractivity contribution in [3.05, 3.63) is 11.3 Å². The Morgan fingerprint density at radius 1 is 1.47 bits per heavy atom. The van der Waals surface area contributed by atoms with Crippen molar-refractivity contribution in [1.29, 1.82) is 0 Å². The lowest BCUT2D eigenvalue weighted by molar-refractivity contribution is 0.382. The molecule has 0 unspecified atom stereocenters. The molecule has 0 aliphatic carbocycles. The number of H-pyrrole nitrogens is 1. The highest BCUT2D eigenvalue weighted by atomic mass is 32.2. The van der Waals surface area contributed by atoms with Gasteiger partial charge in [0.2, 0.25) is 10.0 Å². The first-order chi connectivity index (χ1) is 7.96. The quantitative estimate of drug-likeness (QED) is 0.843. The molecule has 7 heteroatoms. The van der Waals surface area contributed by atoms with Gasteiger partial charge in [-0.15, -0.1) is 11.8 Å². The van der Waals surface area contributed by atoms with E-state index in [1.165, 1.54) is 5.56 Å². The maximum absolute atomic E-state index is 12.1. The van der Waals surface area contributed by atoms with Gasteiger partial charge in [0.1, 0.15) is 5.03 Å². The van der Waals surface area contributed by atoms with Crippen LogP contribution in [0.25, 0.3) is 0 Å². The lowest BCUT2D eigenvalue weighted by Crippen LogP contribution is -2.39. The summed E-state index contributed by atoms with van der Waals surface area (Å²) < 4.78 is 25.7. The van der Waals surface area contributed by atoms with Crippen molar-refractivity contribution in [2.24, 2.45) is 0 Å². The monoisotopic (exact) mass is 275 g/mol. The number of hydrogen-bond acceptors (Lipinski definition) is 4. The number of aromatic nitrogens is 2. The van der Waals surface area contributed by atoms with Gasteiger partial charge in [0, 0.05) is 12.1 Å². The maximum Gasteiger partial charge on any atom is 0.216 e. The van der Waals surface area contributed by atoms with E-state index in [1.807, 2.05) is 6.26 Å². The number of nitrogens with one attached hydrogen (secondary N) is 1. The van der Waals surface area contributed by atoms with E-state index in [1.54, 1.807) is 29.9 Å². The Kier molecular flexibility index (Phi) is 3.51. The average Bonchev–Trinajstić information content (AvgIpc) is 2.70. The molecule has 0 atom stereocenters. The predicted molar refractivity (Wildman–Crippen MR) is 68.5 cm³/mol. The molecule has 1 aliphatic heterocycles. The Labute approximate surface area is 106 Å². The van der Waals surface area contributed by atoms with E-state index in [-0.39, 0.29) is 5.25 Å². The summed E-state index contributed by atoms with van der Waals surface area (Å²) in [6, 6.07) is 0. The Morgan fingerprint density at radius 3 is 2.76 bits per heavy atom. The van der Waals surface area contributed by atoms with E-state index in [9.17, 15) is 8.42 Å². The second-order valence-corrected chi connectivity index (χ2v) is 7.65. The fraction of sp³-hybridized carbons (Fsp3) is 0.700. The topological polar surface area (TPSA) is 66.1 Å². The SMILES string of the molecule is CSc1n[nH]c2c1CCN(S(=O)(=O)C(C)C)C2. The van der Waals surface area contributed by atoms with Gasteiger partial charge in [-0.25, -0.2) is 8.42 Å². The largest absolute Gasteiger partial charge is 0.280 e. The van der Waals surface area contributed by atoms with Gasteiger partial charge >= 0.3 is 0 Å². The fourth-order valence-corrected chi connectivity index (χ4v) is 3.81. The molecule has 0 bridgehead atoms. The van der Waals surface area contributed by atoms with Crippen LogP contribution in [0.5, 0.6) is 0 Å². The molecule has 96 valence electrons. The molecule has 1 N–H and O–H groups in total. The molecule has 1 aliphatic rings. The summed E-state index contributed by atoms with van der Waals surface area (Å²) in [5, 5.41) is 7.75. The first-order valence-electron chi connectivity index (χ1n) is 5.56. The zero-order valence-corrected chi connectivity index (χ0v) is 11.9. The number of thioether (sulfide) groups is 1. The van der Waals surface area contributed by atoms with E-state index < -0.39 is 10.0 Å². The maximum atomic E-state index is 12.1. The van der Waals surface area contributed by atoms with Gasteiger partial charge in [-0.3, -0.25) is 5.10 Å². The standard InChI is InChI=1S/C10H17N3O2S2/c1-7(2)17(14,15)13-5-4-8-9(6-13)11-12-10(8)16-3/h7H,4-6H2,1-3H3,(H,11,12). The zero-order chi connectivity index (χ0) is 12.6. The molecule has 0 aromatic carbocycles. The Morgan fingerprint density at radius 2 is 2.18 bits per heavy atom. The summed E-state index contributed by atoms with van der Waals surface area (Å²) in [4.78, 5) is 0. The number of aromatic amines is 1. The molecule has 5 nitrogen and oxygen atoms in total. The number of rotatable bonds is 3. The normalized spacial score (nSPS) is 17.4. The van der Waals surface area contributed by atoms with Crippen LogP contribution in [0.3, 0.4) is 0 Å². The third-order valence-corrected chi connectivity index (χ3v) is 5.96. The number of sulfonamides is 1. The van der Waals surface area contributed by atoms with E-state index in [2.05, 4.69) is 10.2 Å². The van der Waals surface area contributed by atoms with Crippen molar-refractivity contribution >= 4 is 21.8 Å². The summed E-state index contributed by atoms with van der Waals surface area (Å²) in [5.41, 5.74) is 2.11. The molecule has 1 aromatic rings. The predicted octanol–water partition coefficient (Wildman–Crippen LogP) is 1.23. The zero-order valence-electron chi connectivity index (χ0n) is 10.2. The van der Waals surface area contributed by atoms with Crippen LogP contribution in [-0.2, 0) is 23.0 Å². The Hall–Kier alpha value is -0.530. The van der Waals surface area contributed by atoms with Crippen molar-refractivity contribution in [1.82, 2.24) is 14.5 Å². The number of nitrogens with zero attached hydrogens (tertiary/aromatic N) is 2. The van der Waals surface area contributed by atoms with Crippen molar-refractivity contribution in [2.75, 3.05) is 12.8 Å². The lowest BCUT2D eigenvalue weighted by Gasteiger charge is -2.27. The minimum Gasteiger partial charge on any atom is -0.280 e. The van der Waals surface area contributed by atoms with Crippen LogP contribution in [-0.4, -0.2) is 41.0 Å². The molecule has 0 amide bonds. The molecule has 0 spiro atoms. The highest BCUT2D eigenvalue weighted by Crippen LogP contribution is 2.27. The van der Waals surface area contributed by atoms with Crippen LogP contribution in [0.15, 0.2) is 5.03 Å². The number of hydrogen-bond donors (Lipinski definition) is 1. The van der Waals surface area contributed by atoms with Crippen LogP contribution >= 0.6 is 11.8 Å². The molecular formula is C10H17N3O2S2. The van der Waals surface area contributed by atoms with Crippen LogP contribution < -0.4 is 0 Å². The van der Waals surface area contributed by atoms with Gasteiger partial charge in [-0.05, 0) is 26.5 Å². The first-order valence-corrected chi connectivity index (χ1v) is 8.28. The highest BCUT2D eigenvalue weighted by molar-refractivity contribution is 7.98. The Balaban J connectivity index is 2.26. The third-order valence-electron chi connectivity index (χ3n) is 3.01. The van der Waals surface area contributed by atoms with Gasteiger partial charge in [0.25, 0.3) is 0 Å². The molecular weight excluding hydrogens is 258 g/mol. The van der Waals surface area contributed by atoms with Crippen LogP contribution in [0.2, 0.25) is 0 Å². The van der Waals surface area contributed by atoms with E-state index in [0.717, 1.165) is 17.1 Å². The summed E-state index contributed by atoms with van der Waals surface area (Å²) in [6.45, 7) is 4.40. The second-order valence-electron chi connectivity index (χ2n) is 4.37. The van der Waals surface area contributed by atoms with Gasteiger partial charge in [0.05, 0.1) is 17.5 Å². The van der Waals surface area contributed by atoms with Crippen molar-refractivity contribution in [3.8, 4) is 0 Å². The molecule has 0 radical (unpaired) electrons. The number of fused-ring (bicyclic) bond motifs is 1. The third kappa shape index (κ3) is 2.23. The molecule has 1 aromatic heterocycles. The molecule has 0 saturated heterocycles. The van der Waals surface area contributed by atoms with Crippen LogP contribution in [0.1, 0.15) is 25.1 Å². The van der Waals surface area contributed by atoms with Gasteiger partial charge < -0.3 is 0 Å². The average molecular weight is 275 g/mol. The minimum atomic E-state index is -3.16. The van der Waals surface area contributed by atoms with Crippen molar-refractivity contribution in [3.63, 3.8) is 0 Å². The summed E-state index contributed by atoms with van der Waals surface area (Å²) >= 11 is 1.59. The molecule has 0 saturated carbocycles.